The summed E-state index contributed by atoms with van der Waals surface area (Å²) >= 11 is 0. The molecule has 1 aliphatic heterocycles. The van der Waals surface area contributed by atoms with Crippen LogP contribution in [0.15, 0.2) is 24.3 Å². The molecule has 4 amide bonds. The summed E-state index contributed by atoms with van der Waals surface area (Å²) in [5.41, 5.74) is 0. The fourth-order valence-corrected chi connectivity index (χ4v) is 9.19. The number of rotatable bonds is 6. The number of imide groups is 2. The molecule has 6 bridgehead atoms. The number of fused-ring (bicyclic) bond motifs is 9. The highest BCUT2D eigenvalue weighted by Gasteiger charge is 2.60. The Kier molecular flexibility index (Phi) is 4.36. The van der Waals surface area contributed by atoms with Crippen LogP contribution in [-0.4, -0.2) is 47.0 Å². The minimum absolute atomic E-state index is 0.00173. The largest absolute Gasteiger partial charge is 0.285 e. The predicted octanol–water partition coefficient (Wildman–Crippen LogP) is 2.65. The molecule has 33 heavy (non-hydrogen) atoms. The summed E-state index contributed by atoms with van der Waals surface area (Å²) in [7, 11) is 0. The zero-order chi connectivity index (χ0) is 22.4. The topological polar surface area (TPSA) is 74.8 Å². The molecule has 6 heteroatoms. The van der Waals surface area contributed by atoms with Crippen LogP contribution in [0.4, 0.5) is 0 Å². The highest BCUT2D eigenvalue weighted by molar-refractivity contribution is 6.06. The van der Waals surface area contributed by atoms with Gasteiger partial charge in [0.05, 0.1) is 11.8 Å². The summed E-state index contributed by atoms with van der Waals surface area (Å²) in [5.74, 6) is 2.63. The average Bonchev–Trinajstić information content (AvgIpc) is 3.67. The molecule has 6 nitrogen and oxygen atoms in total. The molecular weight excluding hydrogens is 416 g/mol. The third-order valence-corrected chi connectivity index (χ3v) is 10.6. The second-order valence-electron chi connectivity index (χ2n) is 11.9. The first-order chi connectivity index (χ1) is 16.0. The summed E-state index contributed by atoms with van der Waals surface area (Å²) < 4.78 is 0. The zero-order valence-electron chi connectivity index (χ0n) is 18.9. The maximum absolute atomic E-state index is 13.2. The van der Waals surface area contributed by atoms with Crippen molar-refractivity contribution in [3.05, 3.63) is 24.3 Å². The molecule has 0 aromatic heterocycles. The van der Waals surface area contributed by atoms with Crippen LogP contribution in [-0.2, 0) is 19.2 Å². The van der Waals surface area contributed by atoms with E-state index in [9.17, 15) is 19.2 Å². The Hall–Kier alpha value is -2.24. The monoisotopic (exact) mass is 448 g/mol. The lowest BCUT2D eigenvalue weighted by Gasteiger charge is -2.30. The van der Waals surface area contributed by atoms with Gasteiger partial charge in [-0.25, -0.2) is 0 Å². The number of hydrogen-bond donors (Lipinski definition) is 0. The molecule has 11 unspecified atom stereocenters. The second kappa shape index (κ2) is 7.13. The highest BCUT2D eigenvalue weighted by atomic mass is 16.2. The van der Waals surface area contributed by atoms with Gasteiger partial charge in [-0.15, -0.1) is 0 Å². The molecular formula is C27H32N2O4. The molecule has 7 aliphatic rings. The van der Waals surface area contributed by atoms with Gasteiger partial charge in [0.1, 0.15) is 0 Å². The van der Waals surface area contributed by atoms with Crippen LogP contribution in [0.1, 0.15) is 38.5 Å². The molecule has 1 saturated heterocycles. The smallest absolute Gasteiger partial charge is 0.233 e. The molecule has 6 aliphatic carbocycles. The van der Waals surface area contributed by atoms with Gasteiger partial charge >= 0.3 is 0 Å². The van der Waals surface area contributed by atoms with E-state index in [-0.39, 0.29) is 47.3 Å². The summed E-state index contributed by atoms with van der Waals surface area (Å²) in [4.78, 5) is 54.5. The van der Waals surface area contributed by atoms with E-state index in [1.165, 1.54) is 4.90 Å². The van der Waals surface area contributed by atoms with Gasteiger partial charge in [0.2, 0.25) is 24.1 Å². The number of likely N-dealkylation sites (tertiary alicyclic amines) is 1. The fourth-order valence-electron chi connectivity index (χ4n) is 9.19. The molecule has 0 aromatic carbocycles. The first-order valence-corrected chi connectivity index (χ1v) is 13.0. The molecule has 1 heterocycles. The van der Waals surface area contributed by atoms with Crippen LogP contribution in [0.5, 0.6) is 0 Å². The Morgan fingerprint density at radius 1 is 0.939 bits per heavy atom. The van der Waals surface area contributed by atoms with Crippen molar-refractivity contribution < 1.29 is 19.2 Å². The first-order valence-electron chi connectivity index (χ1n) is 13.0. The number of allylic oxidation sites excluding steroid dienone is 4. The third kappa shape index (κ3) is 2.78. The maximum Gasteiger partial charge on any atom is 0.233 e. The quantitative estimate of drug-likeness (QED) is 0.356. The van der Waals surface area contributed by atoms with E-state index in [2.05, 4.69) is 24.3 Å². The van der Waals surface area contributed by atoms with Crippen molar-refractivity contribution in [3.63, 3.8) is 0 Å². The Labute approximate surface area is 194 Å². The SMILES string of the molecule is O=CN(CC1CC2CCC1C2CN1C(=O)C2C3C=CC(C3)C2C1=O)C(=O)C1CC2C=CC1C2. The third-order valence-electron chi connectivity index (χ3n) is 10.6. The molecule has 174 valence electrons. The van der Waals surface area contributed by atoms with Gasteiger partial charge in [-0.2, -0.15) is 0 Å². The lowest BCUT2D eigenvalue weighted by molar-refractivity contribution is -0.143. The first kappa shape index (κ1) is 20.2. The van der Waals surface area contributed by atoms with Crippen LogP contribution < -0.4 is 0 Å². The van der Waals surface area contributed by atoms with Gasteiger partial charge in [0.25, 0.3) is 0 Å². The lowest BCUT2D eigenvalue weighted by atomic mass is 9.85. The van der Waals surface area contributed by atoms with Gasteiger partial charge in [-0.05, 0) is 85.9 Å². The summed E-state index contributed by atoms with van der Waals surface area (Å²) in [6, 6.07) is 0. The van der Waals surface area contributed by atoms with Crippen molar-refractivity contribution in [1.29, 1.82) is 0 Å². The number of carbonyl (C=O) groups excluding carboxylic acids is 4. The molecule has 7 rings (SSSR count). The van der Waals surface area contributed by atoms with Gasteiger partial charge in [0.15, 0.2) is 0 Å². The van der Waals surface area contributed by atoms with Gasteiger partial charge in [-0.1, -0.05) is 24.3 Å². The maximum atomic E-state index is 13.2. The van der Waals surface area contributed by atoms with Crippen molar-refractivity contribution in [2.45, 2.75) is 38.5 Å². The standard InChI is InChI=1S/C27H32N2O4/c30-13-28(25(31)21-8-14-1-2-15(21)7-14)11-19-9-16-5-6-20(19)22(16)12-29-26(32)23-17-3-4-18(10-17)24(23)27(29)33/h1-4,13-24H,5-12H2. The minimum Gasteiger partial charge on any atom is -0.285 e. The van der Waals surface area contributed by atoms with E-state index in [1.54, 1.807) is 4.90 Å². The molecule has 5 fully saturated rings. The van der Waals surface area contributed by atoms with E-state index < -0.39 is 0 Å². The van der Waals surface area contributed by atoms with Crippen molar-refractivity contribution in [3.8, 4) is 0 Å². The van der Waals surface area contributed by atoms with Gasteiger partial charge in [-0.3, -0.25) is 29.0 Å². The Bertz CT molecular complexity index is 957. The molecule has 0 spiro atoms. The van der Waals surface area contributed by atoms with E-state index in [0.717, 1.165) is 44.9 Å². The molecule has 0 N–H and O–H groups in total. The van der Waals surface area contributed by atoms with Crippen LogP contribution in [0.25, 0.3) is 0 Å². The zero-order valence-corrected chi connectivity index (χ0v) is 18.9. The lowest BCUT2D eigenvalue weighted by Crippen LogP contribution is -2.41. The van der Waals surface area contributed by atoms with Crippen LogP contribution in [0.3, 0.4) is 0 Å². The summed E-state index contributed by atoms with van der Waals surface area (Å²) in [5, 5.41) is 0. The van der Waals surface area contributed by atoms with Crippen molar-refractivity contribution in [2.24, 2.45) is 65.1 Å². The number of amides is 4. The molecule has 0 aromatic rings. The average molecular weight is 449 g/mol. The van der Waals surface area contributed by atoms with Crippen molar-refractivity contribution in [1.82, 2.24) is 9.80 Å². The van der Waals surface area contributed by atoms with E-state index in [4.69, 9.17) is 0 Å². The number of hydrogen-bond acceptors (Lipinski definition) is 4. The Morgan fingerprint density at radius 2 is 1.67 bits per heavy atom. The van der Waals surface area contributed by atoms with E-state index in [0.29, 0.717) is 48.6 Å². The van der Waals surface area contributed by atoms with Gasteiger partial charge in [0, 0.05) is 19.0 Å². The number of nitrogens with zero attached hydrogens (tertiary/aromatic N) is 2. The van der Waals surface area contributed by atoms with Crippen molar-refractivity contribution in [2.75, 3.05) is 13.1 Å². The second-order valence-corrected chi connectivity index (χ2v) is 11.9. The van der Waals surface area contributed by atoms with Crippen LogP contribution in [0, 0.1) is 65.1 Å². The van der Waals surface area contributed by atoms with Gasteiger partial charge < -0.3 is 0 Å². The normalized spacial score (nSPS) is 47.9. The van der Waals surface area contributed by atoms with Crippen LogP contribution in [0.2, 0.25) is 0 Å². The molecule has 4 saturated carbocycles. The summed E-state index contributed by atoms with van der Waals surface area (Å²) in [6.07, 6.45) is 15.5. The van der Waals surface area contributed by atoms with Crippen LogP contribution >= 0.6 is 0 Å². The number of carbonyl (C=O) groups is 4. The summed E-state index contributed by atoms with van der Waals surface area (Å²) in [6.45, 7) is 1.04. The molecule has 11 atom stereocenters. The Morgan fingerprint density at radius 3 is 2.30 bits per heavy atom. The highest BCUT2D eigenvalue weighted by Crippen LogP contribution is 2.56. The Balaban J connectivity index is 1.03. The predicted molar refractivity (Wildman–Crippen MR) is 119 cm³/mol. The van der Waals surface area contributed by atoms with Crippen molar-refractivity contribution >= 4 is 24.1 Å². The van der Waals surface area contributed by atoms with E-state index >= 15 is 0 Å². The van der Waals surface area contributed by atoms with E-state index in [1.807, 2.05) is 0 Å². The molecule has 0 radical (unpaired) electrons. The fraction of sp³-hybridized carbons (Fsp3) is 0.704. The minimum atomic E-state index is -0.124.